The number of fused-ring (bicyclic) bond motifs is 1. The third kappa shape index (κ3) is 7.53. The Morgan fingerprint density at radius 2 is 1.97 bits per heavy atom. The van der Waals surface area contributed by atoms with Crippen molar-refractivity contribution >= 4 is 29.4 Å². The van der Waals surface area contributed by atoms with Crippen molar-refractivity contribution in [3.63, 3.8) is 0 Å². The molecule has 1 N–H and O–H groups in total. The Balaban J connectivity index is 0.000000188. The number of hydrogen-bond acceptors (Lipinski definition) is 4. The van der Waals surface area contributed by atoms with Crippen LogP contribution in [0.15, 0.2) is 55.1 Å². The first-order chi connectivity index (χ1) is 16.5. The highest BCUT2D eigenvalue weighted by Crippen LogP contribution is 2.17. The third-order valence-corrected chi connectivity index (χ3v) is 6.05. The first kappa shape index (κ1) is 25.6. The second-order valence-corrected chi connectivity index (χ2v) is 8.87. The van der Waals surface area contributed by atoms with Gasteiger partial charge in [0.1, 0.15) is 5.82 Å². The Morgan fingerprint density at radius 1 is 1.18 bits per heavy atom. The van der Waals surface area contributed by atoms with Crippen molar-refractivity contribution in [2.75, 3.05) is 33.2 Å². The van der Waals surface area contributed by atoms with Crippen LogP contribution in [-0.4, -0.2) is 70.8 Å². The van der Waals surface area contributed by atoms with Crippen molar-refractivity contribution in [2.45, 2.75) is 31.7 Å². The Kier molecular flexibility index (Phi) is 9.85. The average Bonchev–Trinajstić information content (AvgIpc) is 3.51. The number of aromatic nitrogens is 2. The first-order valence-corrected chi connectivity index (χ1v) is 11.8. The zero-order valence-electron chi connectivity index (χ0n) is 19.4. The van der Waals surface area contributed by atoms with Gasteiger partial charge in [-0.1, -0.05) is 17.7 Å². The molecule has 2 aromatic heterocycles. The van der Waals surface area contributed by atoms with Crippen molar-refractivity contribution in [1.29, 1.82) is 0 Å². The Labute approximate surface area is 204 Å². The maximum Gasteiger partial charge on any atom is 0.256 e. The second kappa shape index (κ2) is 13.1. The summed E-state index contributed by atoms with van der Waals surface area (Å²) in [5, 5.41) is 3.20. The summed E-state index contributed by atoms with van der Waals surface area (Å²) in [7, 11) is 2.17. The number of amides is 2. The number of imidazole rings is 1. The molecule has 3 aromatic rings. The van der Waals surface area contributed by atoms with Gasteiger partial charge >= 0.3 is 0 Å². The summed E-state index contributed by atoms with van der Waals surface area (Å²) < 4.78 is 13.9. The minimum absolute atomic E-state index is 0.00602. The summed E-state index contributed by atoms with van der Waals surface area (Å²) >= 11 is 5.40. The predicted octanol–water partition coefficient (Wildman–Crippen LogP) is 3.88. The monoisotopic (exact) mass is 487 g/mol. The van der Waals surface area contributed by atoms with Crippen molar-refractivity contribution in [1.82, 2.24) is 24.5 Å². The van der Waals surface area contributed by atoms with Crippen LogP contribution in [0.1, 0.15) is 36.0 Å². The molecular formula is C25H31ClFN5O2. The number of rotatable bonds is 3. The standard InChI is InChI=1S/C14H16N4O2.C6H4ClF.C5H11N/c19-10-16-11-3-1-5-17(8-11)14(20)12-4-2-6-18-9-15-7-13(12)18;7-5-2-1-3-6(8)4-5;1-6-4-2-3-5-6/h2,4,6-7,9-11H,1,3,5,8H2,(H,16,19);1-4H;2-5H2,1H3. The SMILES string of the molecule is CN1CCCC1.Fc1cccc(Cl)c1.O=CNC1CCCN(C(=O)c2cccn3cncc23)C1. The minimum Gasteiger partial charge on any atom is -0.354 e. The fourth-order valence-corrected chi connectivity index (χ4v) is 4.21. The Bertz CT molecular complexity index is 1050. The van der Waals surface area contributed by atoms with Crippen LogP contribution in [0, 0.1) is 5.82 Å². The molecule has 1 aromatic carbocycles. The molecule has 2 aliphatic rings. The van der Waals surface area contributed by atoms with Crippen LogP contribution in [0.25, 0.3) is 5.52 Å². The van der Waals surface area contributed by atoms with E-state index in [1.807, 2.05) is 22.7 Å². The Hall–Kier alpha value is -2.97. The number of nitrogens with zero attached hydrogens (tertiary/aromatic N) is 4. The van der Waals surface area contributed by atoms with Gasteiger partial charge in [-0.15, -0.1) is 0 Å². The highest BCUT2D eigenvalue weighted by atomic mass is 35.5. The number of carbonyl (C=O) groups is 2. The molecule has 4 heterocycles. The molecule has 0 saturated carbocycles. The maximum atomic E-state index is 12.6. The summed E-state index contributed by atoms with van der Waals surface area (Å²) in [6.45, 7) is 3.93. The molecule has 0 bridgehead atoms. The summed E-state index contributed by atoms with van der Waals surface area (Å²) in [4.78, 5) is 31.4. The van der Waals surface area contributed by atoms with E-state index in [-0.39, 0.29) is 17.8 Å². The van der Waals surface area contributed by atoms with E-state index in [1.54, 1.807) is 29.6 Å². The van der Waals surface area contributed by atoms with Gasteiger partial charge in [-0.05, 0) is 76.2 Å². The molecule has 0 aliphatic carbocycles. The number of likely N-dealkylation sites (tertiary alicyclic amines) is 2. The number of piperidine rings is 1. The maximum absolute atomic E-state index is 12.6. The molecule has 2 aliphatic heterocycles. The second-order valence-electron chi connectivity index (χ2n) is 8.43. The highest BCUT2D eigenvalue weighted by molar-refractivity contribution is 6.30. The lowest BCUT2D eigenvalue weighted by atomic mass is 10.0. The summed E-state index contributed by atoms with van der Waals surface area (Å²) in [5.74, 6) is -0.300. The first-order valence-electron chi connectivity index (χ1n) is 11.5. The Morgan fingerprint density at radius 3 is 2.59 bits per heavy atom. The van der Waals surface area contributed by atoms with E-state index in [4.69, 9.17) is 11.6 Å². The van der Waals surface area contributed by atoms with E-state index in [1.165, 1.54) is 38.1 Å². The quantitative estimate of drug-likeness (QED) is 0.569. The topological polar surface area (TPSA) is 70.0 Å². The fraction of sp³-hybridized carbons (Fsp3) is 0.400. The van der Waals surface area contributed by atoms with Crippen molar-refractivity contribution in [3.05, 3.63) is 71.5 Å². The van der Waals surface area contributed by atoms with Crippen LogP contribution in [0.4, 0.5) is 4.39 Å². The molecule has 0 spiro atoms. The van der Waals surface area contributed by atoms with Crippen LogP contribution >= 0.6 is 11.6 Å². The van der Waals surface area contributed by atoms with E-state index in [9.17, 15) is 14.0 Å². The third-order valence-electron chi connectivity index (χ3n) is 5.81. The molecule has 2 fully saturated rings. The van der Waals surface area contributed by atoms with Gasteiger partial charge in [0, 0.05) is 30.4 Å². The summed E-state index contributed by atoms with van der Waals surface area (Å²) in [6.07, 6.45) is 10.6. The number of benzene rings is 1. The number of carbonyl (C=O) groups excluding carboxylic acids is 2. The molecule has 5 rings (SSSR count). The van der Waals surface area contributed by atoms with Gasteiger partial charge in [0.15, 0.2) is 0 Å². The number of halogens is 2. The molecular weight excluding hydrogens is 457 g/mol. The van der Waals surface area contributed by atoms with Gasteiger partial charge in [0.05, 0.1) is 23.6 Å². The average molecular weight is 488 g/mol. The van der Waals surface area contributed by atoms with Gasteiger partial charge in [0.25, 0.3) is 5.91 Å². The van der Waals surface area contributed by atoms with Gasteiger partial charge in [-0.25, -0.2) is 9.37 Å². The highest BCUT2D eigenvalue weighted by Gasteiger charge is 2.25. The lowest BCUT2D eigenvalue weighted by Gasteiger charge is -2.32. The number of nitrogens with one attached hydrogen (secondary N) is 1. The molecule has 2 saturated heterocycles. The molecule has 9 heteroatoms. The zero-order valence-corrected chi connectivity index (χ0v) is 20.1. The number of hydrogen-bond donors (Lipinski definition) is 1. The molecule has 2 amide bonds. The largest absolute Gasteiger partial charge is 0.354 e. The lowest BCUT2D eigenvalue weighted by Crippen LogP contribution is -2.47. The normalized spacial score (nSPS) is 17.9. The zero-order chi connectivity index (χ0) is 24.3. The van der Waals surface area contributed by atoms with E-state index in [0.717, 1.165) is 24.9 Å². The fourth-order valence-electron chi connectivity index (χ4n) is 4.03. The van der Waals surface area contributed by atoms with Gasteiger partial charge in [0.2, 0.25) is 6.41 Å². The van der Waals surface area contributed by atoms with Crippen LogP contribution < -0.4 is 5.32 Å². The predicted molar refractivity (Wildman–Crippen MR) is 131 cm³/mol. The van der Waals surface area contributed by atoms with Gasteiger partial charge in [-0.2, -0.15) is 0 Å². The van der Waals surface area contributed by atoms with Gasteiger partial charge in [-0.3, -0.25) is 9.59 Å². The molecule has 1 unspecified atom stereocenters. The van der Waals surface area contributed by atoms with Crippen molar-refractivity contribution < 1.29 is 14.0 Å². The van der Waals surface area contributed by atoms with E-state index < -0.39 is 0 Å². The summed E-state index contributed by atoms with van der Waals surface area (Å²) in [5.41, 5.74) is 1.46. The van der Waals surface area contributed by atoms with Crippen molar-refractivity contribution in [3.8, 4) is 0 Å². The van der Waals surface area contributed by atoms with E-state index in [0.29, 0.717) is 23.5 Å². The molecule has 182 valence electrons. The lowest BCUT2D eigenvalue weighted by molar-refractivity contribution is -0.110. The van der Waals surface area contributed by atoms with Crippen LogP contribution in [0.5, 0.6) is 0 Å². The van der Waals surface area contributed by atoms with Crippen molar-refractivity contribution in [2.24, 2.45) is 0 Å². The van der Waals surface area contributed by atoms with E-state index in [2.05, 4.69) is 22.2 Å². The van der Waals surface area contributed by atoms with Crippen LogP contribution in [-0.2, 0) is 4.79 Å². The number of pyridine rings is 1. The smallest absolute Gasteiger partial charge is 0.256 e. The molecule has 1 atom stereocenters. The molecule has 0 radical (unpaired) electrons. The van der Waals surface area contributed by atoms with Gasteiger partial charge < -0.3 is 19.5 Å². The summed E-state index contributed by atoms with van der Waals surface area (Å²) in [6, 6.07) is 9.52. The van der Waals surface area contributed by atoms with Crippen LogP contribution in [0.3, 0.4) is 0 Å². The van der Waals surface area contributed by atoms with E-state index >= 15 is 0 Å². The molecule has 34 heavy (non-hydrogen) atoms. The minimum atomic E-state index is -0.294. The van der Waals surface area contributed by atoms with Crippen LogP contribution in [0.2, 0.25) is 5.02 Å². The molecule has 7 nitrogen and oxygen atoms in total.